The Morgan fingerprint density at radius 1 is 1.02 bits per heavy atom. The molecular formula is C32H35BrN4O4. The van der Waals surface area contributed by atoms with Crippen LogP contribution in [-0.2, 0) is 17.8 Å². The van der Waals surface area contributed by atoms with Crippen molar-refractivity contribution in [2.45, 2.75) is 46.2 Å². The molecule has 214 valence electrons. The van der Waals surface area contributed by atoms with Crippen LogP contribution in [0, 0.1) is 13.8 Å². The minimum Gasteiger partial charge on any atom is -0.493 e. The summed E-state index contributed by atoms with van der Waals surface area (Å²) < 4.78 is 11.9. The number of methoxy groups -OCH3 is 2. The van der Waals surface area contributed by atoms with Crippen molar-refractivity contribution in [3.63, 3.8) is 0 Å². The number of aromatic nitrogens is 2. The molecule has 0 spiro atoms. The number of carbonyl (C=O) groups is 2. The maximum Gasteiger partial charge on any atom is 0.248 e. The van der Waals surface area contributed by atoms with Gasteiger partial charge in [-0.05, 0) is 85.8 Å². The summed E-state index contributed by atoms with van der Waals surface area (Å²) in [4.78, 5) is 35.5. The van der Waals surface area contributed by atoms with Crippen molar-refractivity contribution >= 4 is 27.7 Å². The van der Waals surface area contributed by atoms with Gasteiger partial charge in [-0.1, -0.05) is 34.1 Å². The number of nitrogens with zero attached hydrogens (tertiary/aromatic N) is 2. The van der Waals surface area contributed by atoms with Gasteiger partial charge in [-0.2, -0.15) is 0 Å². The van der Waals surface area contributed by atoms with Gasteiger partial charge in [0.15, 0.2) is 11.5 Å². The van der Waals surface area contributed by atoms with Crippen molar-refractivity contribution in [1.29, 1.82) is 0 Å². The summed E-state index contributed by atoms with van der Waals surface area (Å²) in [5.41, 5.74) is 11.6. The monoisotopic (exact) mass is 618 g/mol. The summed E-state index contributed by atoms with van der Waals surface area (Å²) in [5, 5.41) is 0. The molecule has 8 nitrogen and oxygen atoms in total. The fourth-order valence-electron chi connectivity index (χ4n) is 5.02. The van der Waals surface area contributed by atoms with Gasteiger partial charge in [-0.15, -0.1) is 0 Å². The van der Waals surface area contributed by atoms with Gasteiger partial charge in [-0.25, -0.2) is 4.98 Å². The fraction of sp³-hybridized carbons (Fsp3) is 0.281. The van der Waals surface area contributed by atoms with Crippen molar-refractivity contribution in [1.82, 2.24) is 14.9 Å². The van der Waals surface area contributed by atoms with E-state index >= 15 is 0 Å². The second-order valence-corrected chi connectivity index (χ2v) is 10.9. The highest BCUT2D eigenvalue weighted by Crippen LogP contribution is 2.31. The van der Waals surface area contributed by atoms with E-state index in [1.54, 1.807) is 32.5 Å². The number of benzene rings is 3. The molecule has 0 aliphatic rings. The van der Waals surface area contributed by atoms with Crippen LogP contribution in [0.5, 0.6) is 11.5 Å². The molecule has 1 atom stereocenters. The highest BCUT2D eigenvalue weighted by atomic mass is 79.9. The molecule has 0 aliphatic carbocycles. The average molecular weight is 620 g/mol. The lowest BCUT2D eigenvalue weighted by atomic mass is 9.95. The number of nitrogens with one attached hydrogen (secondary N) is 1. The molecule has 1 aromatic heterocycles. The van der Waals surface area contributed by atoms with Crippen LogP contribution in [0.2, 0.25) is 0 Å². The Balaban J connectivity index is 1.62. The molecule has 4 aromatic rings. The number of nitrogens with two attached hydrogens (primary N) is 1. The number of amides is 2. The quantitative estimate of drug-likeness (QED) is 0.205. The van der Waals surface area contributed by atoms with Gasteiger partial charge < -0.3 is 25.1 Å². The van der Waals surface area contributed by atoms with Crippen LogP contribution < -0.4 is 15.2 Å². The molecule has 0 aliphatic heterocycles. The van der Waals surface area contributed by atoms with Gasteiger partial charge in [0.05, 0.1) is 32.2 Å². The van der Waals surface area contributed by atoms with Crippen molar-refractivity contribution in [3.8, 4) is 22.8 Å². The van der Waals surface area contributed by atoms with E-state index in [9.17, 15) is 9.59 Å². The number of imidazole rings is 1. The summed E-state index contributed by atoms with van der Waals surface area (Å²) in [6, 6.07) is 16.8. The van der Waals surface area contributed by atoms with Crippen molar-refractivity contribution in [2.24, 2.45) is 5.73 Å². The number of aromatic amines is 1. The molecule has 41 heavy (non-hydrogen) atoms. The fourth-order valence-corrected chi connectivity index (χ4v) is 5.42. The van der Waals surface area contributed by atoms with Crippen LogP contribution in [0.1, 0.15) is 57.8 Å². The largest absolute Gasteiger partial charge is 0.493 e. The van der Waals surface area contributed by atoms with Gasteiger partial charge >= 0.3 is 0 Å². The van der Waals surface area contributed by atoms with Crippen LogP contribution in [-0.4, -0.2) is 40.9 Å². The molecule has 3 N–H and O–H groups in total. The molecule has 0 radical (unpaired) electrons. The highest BCUT2D eigenvalue weighted by molar-refractivity contribution is 9.10. The van der Waals surface area contributed by atoms with Gasteiger partial charge in [-0.3, -0.25) is 9.59 Å². The van der Waals surface area contributed by atoms with Crippen LogP contribution in [0.3, 0.4) is 0 Å². The highest BCUT2D eigenvalue weighted by Gasteiger charge is 2.25. The number of carbonyl (C=O) groups excluding carboxylic acids is 2. The summed E-state index contributed by atoms with van der Waals surface area (Å²) in [5.74, 6) is 1.42. The molecule has 3 aromatic carbocycles. The Kier molecular flexibility index (Phi) is 9.50. The van der Waals surface area contributed by atoms with Gasteiger partial charge in [0.1, 0.15) is 5.82 Å². The molecule has 1 heterocycles. The third-order valence-corrected chi connectivity index (χ3v) is 7.78. The Bertz CT molecular complexity index is 1540. The first-order chi connectivity index (χ1) is 19.6. The predicted octanol–water partition coefficient (Wildman–Crippen LogP) is 6.29. The lowest BCUT2D eigenvalue weighted by molar-refractivity contribution is -0.134. The SMILES string of the molecule is COc1ccc(CN(C(=O)CCc2c(C)cc(C(N)=O)cc2C)C(C)c2ncc(-c3cccc(Br)c3)[nH]2)cc1OC. The van der Waals surface area contributed by atoms with Crippen molar-refractivity contribution in [2.75, 3.05) is 14.2 Å². The molecule has 9 heteroatoms. The molecule has 0 saturated heterocycles. The van der Waals surface area contributed by atoms with E-state index in [0.29, 0.717) is 35.9 Å². The predicted molar refractivity (Wildman–Crippen MR) is 163 cm³/mol. The number of halogens is 1. The first kappa shape index (κ1) is 29.9. The second kappa shape index (κ2) is 13.0. The van der Waals surface area contributed by atoms with Gasteiger partial charge in [0, 0.05) is 28.6 Å². The van der Waals surface area contributed by atoms with Crippen LogP contribution in [0.4, 0.5) is 0 Å². The maximum atomic E-state index is 13.9. The van der Waals surface area contributed by atoms with Crippen LogP contribution in [0.25, 0.3) is 11.3 Å². The third kappa shape index (κ3) is 6.97. The minimum absolute atomic E-state index is 0.0227. The molecular weight excluding hydrogens is 584 g/mol. The van der Waals surface area contributed by atoms with Crippen LogP contribution >= 0.6 is 15.9 Å². The summed E-state index contributed by atoms with van der Waals surface area (Å²) in [7, 11) is 3.18. The minimum atomic E-state index is -0.463. The molecule has 0 fully saturated rings. The zero-order valence-electron chi connectivity index (χ0n) is 24.0. The second-order valence-electron chi connectivity index (χ2n) is 10.0. The smallest absolute Gasteiger partial charge is 0.248 e. The maximum absolute atomic E-state index is 13.9. The summed E-state index contributed by atoms with van der Waals surface area (Å²) >= 11 is 3.52. The van der Waals surface area contributed by atoms with E-state index in [1.807, 2.05) is 68.1 Å². The Morgan fingerprint density at radius 2 is 1.73 bits per heavy atom. The average Bonchev–Trinajstić information content (AvgIpc) is 3.45. The van der Waals surface area contributed by atoms with E-state index in [0.717, 1.165) is 38.0 Å². The number of H-pyrrole nitrogens is 1. The number of hydrogen-bond acceptors (Lipinski definition) is 5. The number of rotatable bonds is 11. The van der Waals surface area contributed by atoms with E-state index < -0.39 is 5.91 Å². The van der Waals surface area contributed by atoms with E-state index in [4.69, 9.17) is 15.2 Å². The molecule has 0 bridgehead atoms. The third-order valence-electron chi connectivity index (χ3n) is 7.28. The topological polar surface area (TPSA) is 111 Å². The standard InChI is InChI=1S/C32H35BrN4O4/c1-19-13-24(31(34)39)14-20(2)26(19)10-12-30(38)37(18-22-9-11-28(40-4)29(15-22)41-5)21(3)32-35-17-27(36-32)23-7-6-8-25(33)16-23/h6-9,11,13-17,21H,10,12,18H2,1-5H3,(H2,34,39)(H,35,36). The Labute approximate surface area is 249 Å². The molecule has 1 unspecified atom stereocenters. The first-order valence-electron chi connectivity index (χ1n) is 13.3. The van der Waals surface area contributed by atoms with Crippen molar-refractivity contribution < 1.29 is 19.1 Å². The van der Waals surface area contributed by atoms with Gasteiger partial charge in [0.2, 0.25) is 11.8 Å². The summed E-state index contributed by atoms with van der Waals surface area (Å²) in [6.45, 7) is 6.21. The van der Waals surface area contributed by atoms with E-state index in [2.05, 4.69) is 25.9 Å². The number of aryl methyl sites for hydroxylation is 2. The zero-order valence-corrected chi connectivity index (χ0v) is 25.5. The lowest BCUT2D eigenvalue weighted by Crippen LogP contribution is -2.34. The van der Waals surface area contributed by atoms with E-state index in [-0.39, 0.29) is 18.4 Å². The molecule has 2 amide bonds. The first-order valence-corrected chi connectivity index (χ1v) is 14.1. The number of ether oxygens (including phenoxy) is 2. The summed E-state index contributed by atoms with van der Waals surface area (Å²) in [6.07, 6.45) is 2.61. The zero-order chi connectivity index (χ0) is 29.7. The lowest BCUT2D eigenvalue weighted by Gasteiger charge is -2.29. The Hall–Kier alpha value is -4.11. The van der Waals surface area contributed by atoms with Crippen molar-refractivity contribution in [3.05, 3.63) is 98.9 Å². The Morgan fingerprint density at radius 3 is 2.37 bits per heavy atom. The van der Waals surface area contributed by atoms with Gasteiger partial charge in [0.25, 0.3) is 0 Å². The van der Waals surface area contributed by atoms with E-state index in [1.165, 1.54) is 0 Å². The number of hydrogen-bond donors (Lipinski definition) is 2. The normalized spacial score (nSPS) is 11.7. The molecule has 0 saturated carbocycles. The van der Waals surface area contributed by atoms with Crippen LogP contribution in [0.15, 0.2) is 65.3 Å². The molecule has 4 rings (SSSR count). The number of primary amides is 1.